The first-order chi connectivity index (χ1) is 12.7. The summed E-state index contributed by atoms with van der Waals surface area (Å²) in [5.74, 6) is 1.41. The zero-order chi connectivity index (χ0) is 19.1. The quantitative estimate of drug-likeness (QED) is 0.411. The van der Waals surface area contributed by atoms with Crippen LogP contribution < -0.4 is 0 Å². The summed E-state index contributed by atoms with van der Waals surface area (Å²) < 4.78 is 2.30. The van der Waals surface area contributed by atoms with Crippen molar-refractivity contribution >= 4 is 27.6 Å². The Morgan fingerprint density at radius 2 is 1.56 bits per heavy atom. The van der Waals surface area contributed by atoms with Gasteiger partial charge in [0.1, 0.15) is 11.5 Å². The van der Waals surface area contributed by atoms with Gasteiger partial charge in [0.05, 0.1) is 16.6 Å². The van der Waals surface area contributed by atoms with Crippen LogP contribution in [0, 0.1) is 0 Å². The van der Waals surface area contributed by atoms with Gasteiger partial charge in [0.15, 0.2) is 0 Å². The normalized spacial score (nSPS) is 18.0. The molecule has 0 radical (unpaired) electrons. The van der Waals surface area contributed by atoms with Gasteiger partial charge in [0.25, 0.3) is 0 Å². The smallest absolute Gasteiger partial charge is 0.148 e. The number of hydrogen-bond donors (Lipinski definition) is 0. The molecular formula is C24H27N3. The maximum Gasteiger partial charge on any atom is 0.148 e. The Morgan fingerprint density at radius 1 is 0.889 bits per heavy atom. The summed E-state index contributed by atoms with van der Waals surface area (Å²) in [7, 11) is 0. The molecule has 2 aromatic carbocycles. The van der Waals surface area contributed by atoms with Crippen molar-refractivity contribution in [2.75, 3.05) is 0 Å². The molecule has 0 saturated carbocycles. The van der Waals surface area contributed by atoms with Gasteiger partial charge in [-0.2, -0.15) is 0 Å². The predicted molar refractivity (Wildman–Crippen MR) is 113 cm³/mol. The van der Waals surface area contributed by atoms with Crippen molar-refractivity contribution in [1.29, 1.82) is 0 Å². The van der Waals surface area contributed by atoms with E-state index in [1.807, 2.05) is 0 Å². The van der Waals surface area contributed by atoms with Gasteiger partial charge in [-0.25, -0.2) is 9.97 Å². The molecule has 3 nitrogen and oxygen atoms in total. The van der Waals surface area contributed by atoms with Crippen molar-refractivity contribution in [1.82, 2.24) is 14.4 Å². The molecule has 27 heavy (non-hydrogen) atoms. The van der Waals surface area contributed by atoms with Gasteiger partial charge in [0.2, 0.25) is 0 Å². The highest BCUT2D eigenvalue weighted by atomic mass is 15.1. The van der Waals surface area contributed by atoms with E-state index in [9.17, 15) is 0 Å². The Balaban J connectivity index is 1.98. The zero-order valence-electron chi connectivity index (χ0n) is 17.1. The van der Waals surface area contributed by atoms with E-state index in [1.54, 1.807) is 0 Å². The standard InChI is InChI=1S/C24H27N3/c1-14(2)21-25-18-10-8-7-9-15(18)22-26-19-11-16-17(12-20(19)27(21)22)24(5,6)13-23(16,3)4/h7-12,14H,13H2,1-6H3. The van der Waals surface area contributed by atoms with Gasteiger partial charge >= 0.3 is 0 Å². The van der Waals surface area contributed by atoms with Crippen LogP contribution in [0.25, 0.3) is 27.6 Å². The van der Waals surface area contributed by atoms with Gasteiger partial charge in [-0.1, -0.05) is 53.7 Å². The fraction of sp³-hybridized carbons (Fsp3) is 0.417. The average molecular weight is 358 g/mol. The topological polar surface area (TPSA) is 30.2 Å². The molecule has 138 valence electrons. The van der Waals surface area contributed by atoms with Crippen LogP contribution in [0.4, 0.5) is 0 Å². The number of hydrogen-bond acceptors (Lipinski definition) is 2. The van der Waals surface area contributed by atoms with Crippen LogP contribution in [0.1, 0.15) is 70.8 Å². The Kier molecular flexibility index (Phi) is 3.16. The average Bonchev–Trinajstić information content (AvgIpc) is 3.05. The number of nitrogens with zero attached hydrogens (tertiary/aromatic N) is 3. The van der Waals surface area contributed by atoms with Crippen molar-refractivity contribution < 1.29 is 0 Å². The van der Waals surface area contributed by atoms with E-state index < -0.39 is 0 Å². The summed E-state index contributed by atoms with van der Waals surface area (Å²) in [6, 6.07) is 13.1. The molecule has 5 rings (SSSR count). The van der Waals surface area contributed by atoms with E-state index in [2.05, 4.69) is 82.3 Å². The summed E-state index contributed by atoms with van der Waals surface area (Å²) in [5, 5.41) is 1.12. The highest BCUT2D eigenvalue weighted by Crippen LogP contribution is 2.50. The highest BCUT2D eigenvalue weighted by Gasteiger charge is 2.42. The molecule has 0 amide bonds. The van der Waals surface area contributed by atoms with Crippen molar-refractivity contribution in [3.63, 3.8) is 0 Å². The first-order valence-corrected chi connectivity index (χ1v) is 9.95. The minimum atomic E-state index is 0.180. The van der Waals surface area contributed by atoms with Crippen LogP contribution in [0.5, 0.6) is 0 Å². The second-order valence-corrected chi connectivity index (χ2v) is 9.74. The van der Waals surface area contributed by atoms with Gasteiger partial charge in [-0.3, -0.25) is 4.40 Å². The minimum absolute atomic E-state index is 0.180. The number of benzene rings is 2. The minimum Gasteiger partial charge on any atom is -0.279 e. The molecule has 0 fully saturated rings. The van der Waals surface area contributed by atoms with Crippen LogP contribution >= 0.6 is 0 Å². The van der Waals surface area contributed by atoms with E-state index in [-0.39, 0.29) is 10.8 Å². The number of imidazole rings is 1. The van der Waals surface area contributed by atoms with Gasteiger partial charge in [-0.05, 0) is 52.6 Å². The molecule has 0 saturated heterocycles. The van der Waals surface area contributed by atoms with Gasteiger partial charge < -0.3 is 0 Å². The fourth-order valence-electron chi connectivity index (χ4n) is 5.27. The first kappa shape index (κ1) is 16.7. The number of rotatable bonds is 1. The molecule has 0 aliphatic heterocycles. The van der Waals surface area contributed by atoms with E-state index in [4.69, 9.17) is 9.97 Å². The highest BCUT2D eigenvalue weighted by molar-refractivity contribution is 5.97. The molecule has 2 heterocycles. The lowest BCUT2D eigenvalue weighted by molar-refractivity contribution is 0.403. The largest absolute Gasteiger partial charge is 0.279 e. The lowest BCUT2D eigenvalue weighted by atomic mass is 9.82. The summed E-state index contributed by atoms with van der Waals surface area (Å²) in [4.78, 5) is 10.1. The van der Waals surface area contributed by atoms with E-state index in [0.717, 1.165) is 27.9 Å². The zero-order valence-corrected chi connectivity index (χ0v) is 17.1. The summed E-state index contributed by atoms with van der Waals surface area (Å²) in [5.41, 5.74) is 7.60. The lowest BCUT2D eigenvalue weighted by Crippen LogP contribution is -2.18. The molecular weight excluding hydrogens is 330 g/mol. The second-order valence-electron chi connectivity index (χ2n) is 9.74. The SMILES string of the molecule is CC(C)c1nc2ccccc2c2nc3cc4c(cc3n12)C(C)(C)CC4(C)C. The second kappa shape index (κ2) is 5.09. The van der Waals surface area contributed by atoms with Crippen molar-refractivity contribution in [2.45, 2.75) is 64.7 Å². The summed E-state index contributed by atoms with van der Waals surface area (Å²) >= 11 is 0. The van der Waals surface area contributed by atoms with Crippen LogP contribution in [0.3, 0.4) is 0 Å². The van der Waals surface area contributed by atoms with E-state index in [0.29, 0.717) is 5.92 Å². The van der Waals surface area contributed by atoms with Crippen LogP contribution in [0.2, 0.25) is 0 Å². The van der Waals surface area contributed by atoms with Crippen molar-refractivity contribution in [3.05, 3.63) is 53.3 Å². The third-order valence-electron chi connectivity index (χ3n) is 6.26. The molecule has 3 heteroatoms. The lowest BCUT2D eigenvalue weighted by Gasteiger charge is -2.22. The fourth-order valence-corrected chi connectivity index (χ4v) is 5.27. The first-order valence-electron chi connectivity index (χ1n) is 9.95. The molecule has 1 aliphatic carbocycles. The monoisotopic (exact) mass is 357 g/mol. The molecule has 2 aromatic heterocycles. The molecule has 0 atom stereocenters. The molecule has 4 aromatic rings. The van der Waals surface area contributed by atoms with Crippen LogP contribution in [-0.4, -0.2) is 14.4 Å². The predicted octanol–water partition coefficient (Wildman–Crippen LogP) is 6.12. The number of fused-ring (bicyclic) bond motifs is 6. The molecule has 0 unspecified atom stereocenters. The van der Waals surface area contributed by atoms with E-state index >= 15 is 0 Å². The number of para-hydroxylation sites is 1. The molecule has 0 spiro atoms. The van der Waals surface area contributed by atoms with Gasteiger partial charge in [-0.15, -0.1) is 0 Å². The molecule has 0 N–H and O–H groups in total. The Morgan fingerprint density at radius 3 is 2.26 bits per heavy atom. The van der Waals surface area contributed by atoms with Gasteiger partial charge in [0, 0.05) is 11.3 Å². The summed E-state index contributed by atoms with van der Waals surface area (Å²) in [6.07, 6.45) is 1.17. The van der Waals surface area contributed by atoms with Crippen LogP contribution in [0.15, 0.2) is 36.4 Å². The Labute approximate surface area is 160 Å². The maximum absolute atomic E-state index is 5.10. The van der Waals surface area contributed by atoms with Crippen molar-refractivity contribution in [2.24, 2.45) is 0 Å². The van der Waals surface area contributed by atoms with Crippen LogP contribution in [-0.2, 0) is 10.8 Å². The maximum atomic E-state index is 5.10. The summed E-state index contributed by atoms with van der Waals surface area (Å²) in [6.45, 7) is 13.9. The van der Waals surface area contributed by atoms with E-state index in [1.165, 1.54) is 23.1 Å². The Hall–Kier alpha value is -2.42. The number of aromatic nitrogens is 3. The molecule has 1 aliphatic rings. The molecule has 0 bridgehead atoms. The third kappa shape index (κ3) is 2.20. The Bertz CT molecular complexity index is 1230. The van der Waals surface area contributed by atoms with Crippen molar-refractivity contribution in [3.8, 4) is 0 Å². The third-order valence-corrected chi connectivity index (χ3v) is 6.26.